The minimum Gasteiger partial charge on any atom is -0.496 e. The average Bonchev–Trinajstić information content (AvgIpc) is 2.53. The van der Waals surface area contributed by atoms with Gasteiger partial charge in [-0.3, -0.25) is 0 Å². The number of aryl methyl sites for hydroxylation is 1. The average molecular weight is 318 g/mol. The minimum atomic E-state index is -2.18. The fourth-order valence-corrected chi connectivity index (χ4v) is 1.86. The number of halogens is 5. The monoisotopic (exact) mass is 318 g/mol. The van der Waals surface area contributed by atoms with Crippen LogP contribution in [0, 0.1) is 36.0 Å². The van der Waals surface area contributed by atoms with Crippen molar-refractivity contribution in [1.29, 1.82) is 0 Å². The molecule has 0 aromatic heterocycles. The summed E-state index contributed by atoms with van der Waals surface area (Å²) in [6, 6.07) is 4.27. The van der Waals surface area contributed by atoms with E-state index in [0.29, 0.717) is 5.56 Å². The van der Waals surface area contributed by atoms with E-state index in [1.54, 1.807) is 13.0 Å². The Kier molecular flexibility index (Phi) is 5.91. The second-order valence-electron chi connectivity index (χ2n) is 4.15. The van der Waals surface area contributed by atoms with Gasteiger partial charge in [0.05, 0.1) is 12.7 Å². The number of hydrogen-bond acceptors (Lipinski definition) is 1. The SMILES string of the molecule is CC.COc1ccc(C)cc1-c1c(F)c(F)c(F)c(F)c1F. The van der Waals surface area contributed by atoms with Crippen LogP contribution in [0.4, 0.5) is 22.0 Å². The van der Waals surface area contributed by atoms with E-state index >= 15 is 0 Å². The van der Waals surface area contributed by atoms with Crippen molar-refractivity contribution in [3.8, 4) is 16.9 Å². The van der Waals surface area contributed by atoms with Crippen LogP contribution in [0.5, 0.6) is 5.75 Å². The molecule has 22 heavy (non-hydrogen) atoms. The predicted molar refractivity (Wildman–Crippen MR) is 74.3 cm³/mol. The van der Waals surface area contributed by atoms with E-state index in [1.165, 1.54) is 19.2 Å². The van der Waals surface area contributed by atoms with E-state index in [-0.39, 0.29) is 11.3 Å². The predicted octanol–water partition coefficient (Wildman–Crippen LogP) is 5.39. The molecular formula is C16H15F5O. The lowest BCUT2D eigenvalue weighted by Gasteiger charge is -2.12. The summed E-state index contributed by atoms with van der Waals surface area (Å²) in [5, 5.41) is 0. The fourth-order valence-electron chi connectivity index (χ4n) is 1.86. The Morgan fingerprint density at radius 2 is 1.23 bits per heavy atom. The molecule has 0 aliphatic rings. The van der Waals surface area contributed by atoms with Crippen LogP contribution >= 0.6 is 0 Å². The zero-order valence-corrected chi connectivity index (χ0v) is 12.5. The number of ether oxygens (including phenoxy) is 1. The highest BCUT2D eigenvalue weighted by Gasteiger charge is 2.28. The van der Waals surface area contributed by atoms with Gasteiger partial charge in [-0.2, -0.15) is 0 Å². The van der Waals surface area contributed by atoms with E-state index in [9.17, 15) is 22.0 Å². The van der Waals surface area contributed by atoms with Gasteiger partial charge >= 0.3 is 0 Å². The van der Waals surface area contributed by atoms with E-state index < -0.39 is 34.6 Å². The van der Waals surface area contributed by atoms with Crippen molar-refractivity contribution in [3.05, 3.63) is 52.8 Å². The molecule has 1 nitrogen and oxygen atoms in total. The largest absolute Gasteiger partial charge is 0.496 e. The Hall–Kier alpha value is -2.11. The highest BCUT2D eigenvalue weighted by atomic mass is 19.2. The highest BCUT2D eigenvalue weighted by Crippen LogP contribution is 2.37. The van der Waals surface area contributed by atoms with Gasteiger partial charge in [0.25, 0.3) is 0 Å². The fraction of sp³-hybridized carbons (Fsp3) is 0.250. The maximum atomic E-state index is 13.8. The Bertz CT molecular complexity index is 654. The maximum Gasteiger partial charge on any atom is 0.200 e. The van der Waals surface area contributed by atoms with Crippen LogP contribution in [0.25, 0.3) is 11.1 Å². The first-order chi connectivity index (χ1) is 10.4. The molecule has 0 amide bonds. The molecule has 0 bridgehead atoms. The minimum absolute atomic E-state index is 0.0128. The smallest absolute Gasteiger partial charge is 0.200 e. The van der Waals surface area contributed by atoms with Gasteiger partial charge in [0.2, 0.25) is 5.82 Å². The number of rotatable bonds is 2. The van der Waals surface area contributed by atoms with Gasteiger partial charge in [-0.15, -0.1) is 0 Å². The molecule has 2 rings (SSSR count). The lowest BCUT2D eigenvalue weighted by atomic mass is 10.0. The summed E-state index contributed by atoms with van der Waals surface area (Å²) in [6.45, 7) is 5.62. The quantitative estimate of drug-likeness (QED) is 0.410. The normalized spacial score (nSPS) is 10.0. The van der Waals surface area contributed by atoms with Crippen LogP contribution < -0.4 is 4.74 Å². The topological polar surface area (TPSA) is 9.23 Å². The van der Waals surface area contributed by atoms with Crippen LogP contribution in [0.1, 0.15) is 19.4 Å². The maximum absolute atomic E-state index is 13.8. The molecule has 0 saturated carbocycles. The van der Waals surface area contributed by atoms with Crippen LogP contribution in [-0.2, 0) is 0 Å². The van der Waals surface area contributed by atoms with Gasteiger partial charge in [-0.1, -0.05) is 25.5 Å². The lowest BCUT2D eigenvalue weighted by Crippen LogP contribution is -2.05. The molecule has 120 valence electrons. The molecule has 0 radical (unpaired) electrons. The molecule has 0 aliphatic carbocycles. The molecular weight excluding hydrogens is 303 g/mol. The van der Waals surface area contributed by atoms with Gasteiger partial charge in [0.1, 0.15) is 5.75 Å². The Morgan fingerprint density at radius 3 is 1.68 bits per heavy atom. The van der Waals surface area contributed by atoms with Gasteiger partial charge in [0.15, 0.2) is 23.3 Å². The first-order valence-electron chi connectivity index (χ1n) is 6.55. The van der Waals surface area contributed by atoms with Gasteiger partial charge in [-0.25, -0.2) is 22.0 Å². The Morgan fingerprint density at radius 1 is 0.773 bits per heavy atom. The Labute approximate surface area is 125 Å². The van der Waals surface area contributed by atoms with Crippen molar-refractivity contribution < 1.29 is 26.7 Å². The van der Waals surface area contributed by atoms with E-state index in [1.807, 2.05) is 13.8 Å². The summed E-state index contributed by atoms with van der Waals surface area (Å²) in [4.78, 5) is 0. The van der Waals surface area contributed by atoms with Gasteiger partial charge < -0.3 is 4.74 Å². The summed E-state index contributed by atoms with van der Waals surface area (Å²) >= 11 is 0. The van der Waals surface area contributed by atoms with Crippen LogP contribution in [0.2, 0.25) is 0 Å². The van der Waals surface area contributed by atoms with Crippen molar-refractivity contribution >= 4 is 0 Å². The molecule has 2 aromatic rings. The highest BCUT2D eigenvalue weighted by molar-refractivity contribution is 5.72. The molecule has 0 spiro atoms. The third-order valence-electron chi connectivity index (χ3n) is 2.83. The molecule has 0 atom stereocenters. The van der Waals surface area contributed by atoms with Crippen LogP contribution in [0.15, 0.2) is 18.2 Å². The van der Waals surface area contributed by atoms with Crippen molar-refractivity contribution in [2.24, 2.45) is 0 Å². The lowest BCUT2D eigenvalue weighted by molar-refractivity contribution is 0.379. The second kappa shape index (κ2) is 7.24. The standard InChI is InChI=1S/C14H9F5O.C2H6/c1-6-3-4-8(20-2)7(5-6)9-10(15)12(17)14(19)13(18)11(9)16;1-2/h3-5H,1-2H3;1-2H3. The van der Waals surface area contributed by atoms with Crippen LogP contribution in [-0.4, -0.2) is 7.11 Å². The third-order valence-corrected chi connectivity index (χ3v) is 2.83. The number of methoxy groups -OCH3 is 1. The van der Waals surface area contributed by atoms with E-state index in [4.69, 9.17) is 4.74 Å². The molecule has 0 unspecified atom stereocenters. The van der Waals surface area contributed by atoms with E-state index in [0.717, 1.165) is 0 Å². The van der Waals surface area contributed by atoms with Crippen molar-refractivity contribution in [1.82, 2.24) is 0 Å². The van der Waals surface area contributed by atoms with Gasteiger partial charge in [0, 0.05) is 5.56 Å². The zero-order chi connectivity index (χ0) is 17.0. The summed E-state index contributed by atoms with van der Waals surface area (Å²) < 4.78 is 71.9. The van der Waals surface area contributed by atoms with Crippen molar-refractivity contribution in [2.75, 3.05) is 7.11 Å². The summed E-state index contributed by atoms with van der Waals surface area (Å²) in [7, 11) is 1.24. The van der Waals surface area contributed by atoms with Crippen molar-refractivity contribution in [3.63, 3.8) is 0 Å². The summed E-state index contributed by atoms with van der Waals surface area (Å²) in [5.74, 6) is -9.91. The van der Waals surface area contributed by atoms with E-state index in [2.05, 4.69) is 0 Å². The van der Waals surface area contributed by atoms with Gasteiger partial charge in [-0.05, 0) is 19.1 Å². The number of benzene rings is 2. The first kappa shape index (κ1) is 17.9. The molecule has 0 saturated heterocycles. The molecule has 0 N–H and O–H groups in total. The zero-order valence-electron chi connectivity index (χ0n) is 12.5. The Balaban J connectivity index is 0.00000116. The molecule has 6 heteroatoms. The second-order valence-corrected chi connectivity index (χ2v) is 4.15. The first-order valence-corrected chi connectivity index (χ1v) is 6.55. The van der Waals surface area contributed by atoms with Crippen LogP contribution in [0.3, 0.4) is 0 Å². The summed E-state index contributed by atoms with van der Waals surface area (Å²) in [5.41, 5.74) is -0.605. The summed E-state index contributed by atoms with van der Waals surface area (Å²) in [6.07, 6.45) is 0. The number of hydrogen-bond donors (Lipinski definition) is 0. The third kappa shape index (κ3) is 3.05. The van der Waals surface area contributed by atoms with Crippen molar-refractivity contribution in [2.45, 2.75) is 20.8 Å². The molecule has 2 aromatic carbocycles. The molecule has 0 aliphatic heterocycles. The molecule has 0 fully saturated rings. The molecule has 0 heterocycles.